The van der Waals surface area contributed by atoms with Crippen molar-refractivity contribution in [1.82, 2.24) is 21.1 Å². The molecule has 7 nitrogen and oxygen atoms in total. The SMILES string of the molecule is C[C@]1(c2ccc(OC(F)F)cc2)NC(=O)N(NC(=S)N[C@@H]2C[C@H]3CC[C@H]2C3)C1=O. The highest BCUT2D eigenvalue weighted by Gasteiger charge is 2.50. The van der Waals surface area contributed by atoms with Gasteiger partial charge in [0.25, 0.3) is 5.91 Å². The van der Waals surface area contributed by atoms with E-state index in [1.165, 1.54) is 43.5 Å². The number of fused-ring (bicyclic) bond motifs is 2. The molecular weight excluding hydrogens is 402 g/mol. The molecule has 3 amide bonds. The maximum atomic E-state index is 12.9. The Balaban J connectivity index is 1.41. The number of hydrogen-bond donors (Lipinski definition) is 3. The van der Waals surface area contributed by atoms with Gasteiger partial charge in [-0.05, 0) is 67.9 Å². The molecule has 1 aliphatic heterocycles. The van der Waals surface area contributed by atoms with Gasteiger partial charge in [0.05, 0.1) is 0 Å². The molecule has 0 spiro atoms. The Bertz CT molecular complexity index is 837. The average molecular weight is 424 g/mol. The maximum absolute atomic E-state index is 12.9. The first kappa shape index (κ1) is 19.8. The van der Waals surface area contributed by atoms with Crippen LogP contribution in [-0.2, 0) is 10.3 Å². The van der Waals surface area contributed by atoms with E-state index in [1.54, 1.807) is 6.92 Å². The lowest BCUT2D eigenvalue weighted by molar-refractivity contribution is -0.132. The van der Waals surface area contributed by atoms with E-state index in [1.807, 2.05) is 0 Å². The summed E-state index contributed by atoms with van der Waals surface area (Å²) in [5.41, 5.74) is 1.78. The molecule has 10 heteroatoms. The minimum Gasteiger partial charge on any atom is -0.435 e. The Kier molecular flexibility index (Phi) is 5.05. The third kappa shape index (κ3) is 3.73. The highest BCUT2D eigenvalue weighted by atomic mass is 32.1. The molecule has 2 saturated carbocycles. The molecule has 4 atom stereocenters. The number of carbonyl (C=O) groups excluding carboxylic acids is 2. The molecule has 2 aliphatic carbocycles. The van der Waals surface area contributed by atoms with E-state index in [4.69, 9.17) is 12.2 Å². The lowest BCUT2D eigenvalue weighted by atomic mass is 9.92. The van der Waals surface area contributed by atoms with Crippen LogP contribution in [-0.4, -0.2) is 34.7 Å². The van der Waals surface area contributed by atoms with Crippen LogP contribution in [0.25, 0.3) is 0 Å². The maximum Gasteiger partial charge on any atom is 0.387 e. The number of amides is 3. The number of nitrogens with zero attached hydrogens (tertiary/aromatic N) is 1. The smallest absolute Gasteiger partial charge is 0.387 e. The summed E-state index contributed by atoms with van der Waals surface area (Å²) in [7, 11) is 0. The topological polar surface area (TPSA) is 82.7 Å². The van der Waals surface area contributed by atoms with E-state index < -0.39 is 24.1 Å². The van der Waals surface area contributed by atoms with Crippen molar-refractivity contribution in [3.63, 3.8) is 0 Å². The minimum absolute atomic E-state index is 0.0321. The number of ether oxygens (including phenoxy) is 1. The third-order valence-corrected chi connectivity index (χ3v) is 6.32. The van der Waals surface area contributed by atoms with Crippen LogP contribution in [0.15, 0.2) is 24.3 Å². The largest absolute Gasteiger partial charge is 0.435 e. The quantitative estimate of drug-likeness (QED) is 0.498. The monoisotopic (exact) mass is 424 g/mol. The van der Waals surface area contributed by atoms with E-state index in [0.717, 1.165) is 17.3 Å². The normalized spacial score (nSPS) is 30.6. The van der Waals surface area contributed by atoms with Gasteiger partial charge in [0.2, 0.25) is 0 Å². The first-order valence-electron chi connectivity index (χ1n) is 9.55. The second-order valence-corrected chi connectivity index (χ2v) is 8.37. The number of alkyl halides is 2. The standard InChI is InChI=1S/C19H22F2N4O3S/c1-19(12-4-6-13(7-5-12)28-16(20)21)15(26)25(18(27)23-19)24-17(29)22-14-9-10-2-3-11(14)8-10/h4-7,10-11,14,16H,2-3,8-9H2,1H3,(H,23,27)(H2,22,24,29)/t10-,11-,14+,19+/m0/s1. The van der Waals surface area contributed by atoms with Crippen molar-refractivity contribution in [3.05, 3.63) is 29.8 Å². The summed E-state index contributed by atoms with van der Waals surface area (Å²) >= 11 is 5.31. The fourth-order valence-corrected chi connectivity index (χ4v) is 4.87. The van der Waals surface area contributed by atoms with Crippen molar-refractivity contribution >= 4 is 29.3 Å². The molecule has 0 radical (unpaired) electrons. The van der Waals surface area contributed by atoms with Gasteiger partial charge in [-0.15, -0.1) is 0 Å². The minimum atomic E-state index is -2.94. The summed E-state index contributed by atoms with van der Waals surface area (Å²) < 4.78 is 28.9. The molecule has 3 aliphatic rings. The Morgan fingerprint density at radius 2 is 2.00 bits per heavy atom. The van der Waals surface area contributed by atoms with Gasteiger partial charge in [-0.3, -0.25) is 10.2 Å². The number of thiocarbonyl (C=S) groups is 1. The van der Waals surface area contributed by atoms with Gasteiger partial charge < -0.3 is 15.4 Å². The van der Waals surface area contributed by atoms with E-state index in [2.05, 4.69) is 20.8 Å². The summed E-state index contributed by atoms with van der Waals surface area (Å²) in [5.74, 6) is 0.747. The second kappa shape index (κ2) is 7.40. The molecule has 4 rings (SSSR count). The molecule has 1 aromatic rings. The van der Waals surface area contributed by atoms with Gasteiger partial charge in [-0.2, -0.15) is 13.8 Å². The Morgan fingerprint density at radius 1 is 1.28 bits per heavy atom. The van der Waals surface area contributed by atoms with E-state index in [0.29, 0.717) is 11.5 Å². The summed E-state index contributed by atoms with van der Waals surface area (Å²) in [6.45, 7) is -1.39. The zero-order valence-corrected chi connectivity index (χ0v) is 16.6. The number of carbonyl (C=O) groups is 2. The lowest BCUT2D eigenvalue weighted by Crippen LogP contribution is -2.53. The molecule has 1 saturated heterocycles. The molecule has 2 bridgehead atoms. The van der Waals surface area contributed by atoms with Gasteiger partial charge in [-0.1, -0.05) is 18.6 Å². The zero-order valence-electron chi connectivity index (χ0n) is 15.8. The number of imide groups is 1. The summed E-state index contributed by atoms with van der Waals surface area (Å²) in [4.78, 5) is 25.3. The summed E-state index contributed by atoms with van der Waals surface area (Å²) in [6, 6.07) is 5.20. The molecule has 3 N–H and O–H groups in total. The number of nitrogens with one attached hydrogen (secondary N) is 3. The molecule has 0 aromatic heterocycles. The predicted molar refractivity (Wildman–Crippen MR) is 104 cm³/mol. The van der Waals surface area contributed by atoms with Crippen molar-refractivity contribution in [3.8, 4) is 5.75 Å². The van der Waals surface area contributed by atoms with Crippen LogP contribution in [0, 0.1) is 11.8 Å². The number of urea groups is 1. The molecular formula is C19H22F2N4O3S. The fourth-order valence-electron chi connectivity index (χ4n) is 4.63. The highest BCUT2D eigenvalue weighted by Crippen LogP contribution is 2.44. The molecule has 29 heavy (non-hydrogen) atoms. The molecule has 1 aromatic carbocycles. The van der Waals surface area contributed by atoms with E-state index >= 15 is 0 Å². The van der Waals surface area contributed by atoms with Crippen molar-refractivity contribution in [2.75, 3.05) is 0 Å². The van der Waals surface area contributed by atoms with Gasteiger partial charge in [-0.25, -0.2) is 4.79 Å². The van der Waals surface area contributed by atoms with Crippen LogP contribution in [0.2, 0.25) is 0 Å². The van der Waals surface area contributed by atoms with E-state index in [9.17, 15) is 18.4 Å². The van der Waals surface area contributed by atoms with Crippen LogP contribution >= 0.6 is 12.2 Å². The molecule has 3 fully saturated rings. The van der Waals surface area contributed by atoms with Crippen LogP contribution in [0.5, 0.6) is 5.75 Å². The van der Waals surface area contributed by atoms with Crippen molar-refractivity contribution in [1.29, 1.82) is 0 Å². The molecule has 0 unspecified atom stereocenters. The fraction of sp³-hybridized carbons (Fsp3) is 0.526. The van der Waals surface area contributed by atoms with Crippen molar-refractivity contribution < 1.29 is 23.1 Å². The van der Waals surface area contributed by atoms with Crippen LogP contribution < -0.4 is 20.8 Å². The predicted octanol–water partition coefficient (Wildman–Crippen LogP) is 2.62. The number of rotatable bonds is 5. The molecule has 156 valence electrons. The van der Waals surface area contributed by atoms with Gasteiger partial charge in [0.15, 0.2) is 5.11 Å². The summed E-state index contributed by atoms with van der Waals surface area (Å²) in [5, 5.41) is 6.95. The number of benzene rings is 1. The molecule has 1 heterocycles. The number of halogens is 2. The zero-order chi connectivity index (χ0) is 20.8. The first-order valence-corrected chi connectivity index (χ1v) is 9.96. The first-order chi connectivity index (χ1) is 13.8. The van der Waals surface area contributed by atoms with E-state index in [-0.39, 0.29) is 16.9 Å². The number of hydrogen-bond acceptors (Lipinski definition) is 4. The van der Waals surface area contributed by atoms with Crippen molar-refractivity contribution in [2.24, 2.45) is 11.8 Å². The Morgan fingerprint density at radius 3 is 2.59 bits per heavy atom. The summed E-state index contributed by atoms with van der Waals surface area (Å²) in [6.07, 6.45) is 4.69. The second-order valence-electron chi connectivity index (χ2n) is 7.97. The number of hydrazine groups is 1. The van der Waals surface area contributed by atoms with Crippen LogP contribution in [0.4, 0.5) is 13.6 Å². The van der Waals surface area contributed by atoms with Gasteiger partial charge in [0, 0.05) is 6.04 Å². The van der Waals surface area contributed by atoms with Crippen molar-refractivity contribution in [2.45, 2.75) is 50.8 Å². The third-order valence-electron chi connectivity index (χ3n) is 6.12. The highest BCUT2D eigenvalue weighted by molar-refractivity contribution is 7.80. The average Bonchev–Trinajstić information content (AvgIpc) is 3.33. The van der Waals surface area contributed by atoms with Gasteiger partial charge >= 0.3 is 12.6 Å². The Hall–Kier alpha value is -2.49. The van der Waals surface area contributed by atoms with Crippen LogP contribution in [0.3, 0.4) is 0 Å². The van der Waals surface area contributed by atoms with Crippen LogP contribution in [0.1, 0.15) is 38.2 Å². The van der Waals surface area contributed by atoms with Gasteiger partial charge in [0.1, 0.15) is 11.3 Å². The lowest BCUT2D eigenvalue weighted by Gasteiger charge is -2.26. The Labute approximate surface area is 172 Å².